The largest absolute Gasteiger partial charge is 0.497 e. The molecule has 2 heterocycles. The van der Waals surface area contributed by atoms with E-state index in [1.165, 1.54) is 4.90 Å². The fourth-order valence-electron chi connectivity index (χ4n) is 4.34. The number of imide groups is 1. The van der Waals surface area contributed by atoms with Crippen LogP contribution in [0.15, 0.2) is 24.3 Å². The van der Waals surface area contributed by atoms with Crippen LogP contribution in [0.4, 0.5) is 0 Å². The quantitative estimate of drug-likeness (QED) is 0.688. The lowest BCUT2D eigenvalue weighted by Gasteiger charge is -2.34. The van der Waals surface area contributed by atoms with E-state index in [-0.39, 0.29) is 37.1 Å². The number of likely N-dealkylation sites (tertiary alicyclic amines) is 2. The highest BCUT2D eigenvalue weighted by molar-refractivity contribution is 6.10. The molecule has 2 atom stereocenters. The lowest BCUT2D eigenvalue weighted by Crippen LogP contribution is -2.47. The molecular weight excluding hydrogens is 384 g/mol. The van der Waals surface area contributed by atoms with Gasteiger partial charge < -0.3 is 14.7 Å². The monoisotopic (exact) mass is 416 g/mol. The smallest absolute Gasteiger partial charge is 0.240 e. The number of ether oxygens (including phenoxy) is 1. The van der Waals surface area contributed by atoms with E-state index in [2.05, 4.69) is 0 Å². The first-order chi connectivity index (χ1) is 14.3. The Hall–Kier alpha value is -2.41. The average Bonchev–Trinajstić information content (AvgIpc) is 2.96. The molecule has 2 aliphatic rings. The number of hydrogen-bond acceptors (Lipinski definition) is 5. The van der Waals surface area contributed by atoms with Crippen molar-refractivity contribution in [1.82, 2.24) is 9.80 Å². The maximum atomic E-state index is 13.5. The summed E-state index contributed by atoms with van der Waals surface area (Å²) in [5.41, 5.74) is -0.556. The van der Waals surface area contributed by atoms with Gasteiger partial charge in [-0.3, -0.25) is 19.3 Å². The number of methoxy groups -OCH3 is 1. The molecule has 0 saturated carbocycles. The summed E-state index contributed by atoms with van der Waals surface area (Å²) in [6.07, 6.45) is 1.50. The van der Waals surface area contributed by atoms with Gasteiger partial charge in [0.1, 0.15) is 5.75 Å². The number of aliphatic hydroxyl groups is 1. The van der Waals surface area contributed by atoms with Crippen LogP contribution in [0, 0.1) is 5.92 Å². The third-order valence-electron chi connectivity index (χ3n) is 6.18. The van der Waals surface area contributed by atoms with Gasteiger partial charge in [-0.25, -0.2) is 0 Å². The van der Waals surface area contributed by atoms with E-state index in [0.29, 0.717) is 36.7 Å². The Kier molecular flexibility index (Phi) is 6.81. The molecule has 0 aromatic heterocycles. The number of carbonyl (C=O) groups excluding carboxylic acids is 3. The molecular formula is C23H32N2O5. The number of amides is 3. The SMILES string of the molecule is COc1ccc([C@@]2(CC(=O)N3CCC[C@H](O)C3)CC(=O)N(CCC(C)C)C2=O)cc1. The highest BCUT2D eigenvalue weighted by Crippen LogP contribution is 2.41. The number of piperidine rings is 1. The van der Waals surface area contributed by atoms with Crippen LogP contribution in [0.1, 0.15) is 51.5 Å². The maximum absolute atomic E-state index is 13.5. The van der Waals surface area contributed by atoms with E-state index >= 15 is 0 Å². The van der Waals surface area contributed by atoms with Crippen molar-refractivity contribution >= 4 is 17.7 Å². The number of hydrogen-bond donors (Lipinski definition) is 1. The van der Waals surface area contributed by atoms with Crippen molar-refractivity contribution in [2.45, 2.75) is 57.5 Å². The fraction of sp³-hybridized carbons (Fsp3) is 0.609. The van der Waals surface area contributed by atoms with Crippen molar-refractivity contribution in [2.24, 2.45) is 5.92 Å². The molecule has 2 fully saturated rings. The van der Waals surface area contributed by atoms with Crippen LogP contribution in [0.5, 0.6) is 5.75 Å². The molecule has 1 aromatic rings. The minimum atomic E-state index is -1.21. The maximum Gasteiger partial charge on any atom is 0.240 e. The Morgan fingerprint density at radius 2 is 1.97 bits per heavy atom. The summed E-state index contributed by atoms with van der Waals surface area (Å²) in [6.45, 7) is 5.30. The van der Waals surface area contributed by atoms with E-state index in [9.17, 15) is 19.5 Å². The van der Waals surface area contributed by atoms with Gasteiger partial charge in [-0.1, -0.05) is 26.0 Å². The zero-order valence-electron chi connectivity index (χ0n) is 18.1. The summed E-state index contributed by atoms with van der Waals surface area (Å²) in [5.74, 6) is 0.273. The number of benzene rings is 1. The molecule has 0 bridgehead atoms. The van der Waals surface area contributed by atoms with Crippen LogP contribution < -0.4 is 4.74 Å². The van der Waals surface area contributed by atoms with Gasteiger partial charge in [-0.05, 0) is 42.9 Å². The molecule has 0 unspecified atom stereocenters. The van der Waals surface area contributed by atoms with Gasteiger partial charge in [0, 0.05) is 32.5 Å². The molecule has 3 rings (SSSR count). The molecule has 0 spiro atoms. The van der Waals surface area contributed by atoms with Crippen molar-refractivity contribution in [3.63, 3.8) is 0 Å². The first-order valence-electron chi connectivity index (χ1n) is 10.7. The Morgan fingerprint density at radius 3 is 2.57 bits per heavy atom. The second-order valence-corrected chi connectivity index (χ2v) is 8.83. The van der Waals surface area contributed by atoms with Crippen LogP contribution in [-0.4, -0.2) is 65.5 Å². The minimum Gasteiger partial charge on any atom is -0.497 e. The zero-order chi connectivity index (χ0) is 21.9. The predicted octanol–water partition coefficient (Wildman–Crippen LogP) is 2.11. The second kappa shape index (κ2) is 9.16. The zero-order valence-corrected chi connectivity index (χ0v) is 18.1. The lowest BCUT2D eigenvalue weighted by molar-refractivity contribution is -0.143. The molecule has 1 N–H and O–H groups in total. The van der Waals surface area contributed by atoms with E-state index in [1.807, 2.05) is 13.8 Å². The summed E-state index contributed by atoms with van der Waals surface area (Å²) in [5, 5.41) is 9.95. The van der Waals surface area contributed by atoms with Gasteiger partial charge in [0.2, 0.25) is 17.7 Å². The van der Waals surface area contributed by atoms with Gasteiger partial charge in [0.25, 0.3) is 0 Å². The Morgan fingerprint density at radius 1 is 1.27 bits per heavy atom. The molecule has 0 aliphatic carbocycles. The van der Waals surface area contributed by atoms with Crippen molar-refractivity contribution in [2.75, 3.05) is 26.7 Å². The first kappa shape index (κ1) is 22.3. The van der Waals surface area contributed by atoms with Crippen molar-refractivity contribution in [3.8, 4) is 5.75 Å². The van der Waals surface area contributed by atoms with Crippen molar-refractivity contribution < 1.29 is 24.2 Å². The Bertz CT molecular complexity index is 791. The molecule has 2 saturated heterocycles. The fourth-order valence-corrected chi connectivity index (χ4v) is 4.34. The molecule has 3 amide bonds. The normalized spacial score (nSPS) is 24.6. The lowest BCUT2D eigenvalue weighted by atomic mass is 9.75. The molecule has 0 radical (unpaired) electrons. The van der Waals surface area contributed by atoms with Crippen LogP contribution in [0.25, 0.3) is 0 Å². The summed E-state index contributed by atoms with van der Waals surface area (Å²) in [4.78, 5) is 42.5. The number of aliphatic hydroxyl groups excluding tert-OH is 1. The number of rotatable bonds is 7. The average molecular weight is 417 g/mol. The number of carbonyl (C=O) groups is 3. The van der Waals surface area contributed by atoms with Crippen molar-refractivity contribution in [3.05, 3.63) is 29.8 Å². The van der Waals surface area contributed by atoms with Crippen LogP contribution in [-0.2, 0) is 19.8 Å². The van der Waals surface area contributed by atoms with Gasteiger partial charge in [-0.15, -0.1) is 0 Å². The summed E-state index contributed by atoms with van der Waals surface area (Å²) in [7, 11) is 1.56. The van der Waals surface area contributed by atoms with E-state index < -0.39 is 11.5 Å². The van der Waals surface area contributed by atoms with Gasteiger partial charge >= 0.3 is 0 Å². The number of nitrogens with zero attached hydrogens (tertiary/aromatic N) is 2. The summed E-state index contributed by atoms with van der Waals surface area (Å²) < 4.78 is 5.22. The molecule has 30 heavy (non-hydrogen) atoms. The third-order valence-corrected chi connectivity index (χ3v) is 6.18. The van der Waals surface area contributed by atoms with E-state index in [0.717, 1.165) is 12.8 Å². The van der Waals surface area contributed by atoms with Crippen LogP contribution in [0.2, 0.25) is 0 Å². The van der Waals surface area contributed by atoms with E-state index in [4.69, 9.17) is 4.74 Å². The van der Waals surface area contributed by atoms with Gasteiger partial charge in [0.05, 0.1) is 18.6 Å². The number of β-amino-alcohol motifs (C(OH)–C–C–N with tert-alkyl or cyclic N) is 1. The second-order valence-electron chi connectivity index (χ2n) is 8.83. The topological polar surface area (TPSA) is 87.2 Å². The summed E-state index contributed by atoms with van der Waals surface area (Å²) in [6, 6.07) is 7.05. The van der Waals surface area contributed by atoms with Crippen LogP contribution in [0.3, 0.4) is 0 Å². The first-order valence-corrected chi connectivity index (χ1v) is 10.7. The third kappa shape index (κ3) is 4.51. The van der Waals surface area contributed by atoms with E-state index in [1.54, 1.807) is 36.3 Å². The van der Waals surface area contributed by atoms with Gasteiger partial charge in [-0.2, -0.15) is 0 Å². The van der Waals surface area contributed by atoms with Gasteiger partial charge in [0.15, 0.2) is 0 Å². The minimum absolute atomic E-state index is 0.0155. The Labute approximate surface area is 178 Å². The highest BCUT2D eigenvalue weighted by Gasteiger charge is 2.54. The molecule has 7 heteroatoms. The molecule has 164 valence electrons. The molecule has 1 aromatic carbocycles. The molecule has 2 aliphatic heterocycles. The highest BCUT2D eigenvalue weighted by atomic mass is 16.5. The summed E-state index contributed by atoms with van der Waals surface area (Å²) >= 11 is 0. The standard InChI is InChI=1S/C23H32N2O5/c1-16(2)10-12-25-21(28)14-23(22(25)29,17-6-8-19(30-3)9-7-17)13-20(27)24-11-4-5-18(26)15-24/h6-9,16,18,26H,4-5,10-15H2,1-3H3/t18-,23+/m0/s1. The predicted molar refractivity (Wildman–Crippen MR) is 112 cm³/mol. The van der Waals surface area contributed by atoms with Crippen LogP contribution >= 0.6 is 0 Å². The Balaban J connectivity index is 1.91. The molecule has 7 nitrogen and oxygen atoms in total. The van der Waals surface area contributed by atoms with Crippen molar-refractivity contribution in [1.29, 1.82) is 0 Å².